The Morgan fingerprint density at radius 3 is 2.79 bits per heavy atom. The van der Waals surface area contributed by atoms with E-state index >= 15 is 0 Å². The standard InChI is InChI=1S/C13H9ClO4S/c14-13-2-1-9(19-13)6-16-10-4-12-11(17-7-18-12)3-8(10)5-15/h1-5H,6-7H2. The van der Waals surface area contributed by atoms with Gasteiger partial charge < -0.3 is 14.2 Å². The normalized spacial score (nSPS) is 12.5. The van der Waals surface area contributed by atoms with E-state index in [-0.39, 0.29) is 6.79 Å². The van der Waals surface area contributed by atoms with E-state index in [1.807, 2.05) is 12.1 Å². The van der Waals surface area contributed by atoms with Crippen LogP contribution in [-0.2, 0) is 6.61 Å². The van der Waals surface area contributed by atoms with Gasteiger partial charge in [0.25, 0.3) is 0 Å². The van der Waals surface area contributed by atoms with Crippen molar-refractivity contribution in [3.63, 3.8) is 0 Å². The van der Waals surface area contributed by atoms with Crippen LogP contribution in [0, 0.1) is 0 Å². The number of thiophene rings is 1. The van der Waals surface area contributed by atoms with Crippen molar-refractivity contribution in [3.8, 4) is 17.2 Å². The number of hydrogen-bond donors (Lipinski definition) is 0. The fourth-order valence-corrected chi connectivity index (χ4v) is 2.74. The zero-order valence-electron chi connectivity index (χ0n) is 9.72. The van der Waals surface area contributed by atoms with Crippen molar-refractivity contribution in [1.82, 2.24) is 0 Å². The zero-order valence-corrected chi connectivity index (χ0v) is 11.3. The molecule has 0 saturated carbocycles. The molecule has 1 aliphatic rings. The zero-order chi connectivity index (χ0) is 13.2. The summed E-state index contributed by atoms with van der Waals surface area (Å²) < 4.78 is 16.8. The first kappa shape index (κ1) is 12.3. The van der Waals surface area contributed by atoms with Crippen molar-refractivity contribution in [1.29, 1.82) is 0 Å². The molecule has 0 aliphatic carbocycles. The van der Waals surface area contributed by atoms with E-state index in [2.05, 4.69) is 0 Å². The maximum atomic E-state index is 11.0. The molecular formula is C13H9ClO4S. The molecule has 1 aliphatic heterocycles. The second-order valence-electron chi connectivity index (χ2n) is 3.86. The summed E-state index contributed by atoms with van der Waals surface area (Å²) in [5.41, 5.74) is 0.437. The van der Waals surface area contributed by atoms with E-state index < -0.39 is 0 Å². The fourth-order valence-electron chi connectivity index (χ4n) is 1.73. The molecule has 1 aromatic heterocycles. The summed E-state index contributed by atoms with van der Waals surface area (Å²) in [5.74, 6) is 1.63. The Morgan fingerprint density at radius 1 is 1.32 bits per heavy atom. The molecule has 19 heavy (non-hydrogen) atoms. The highest BCUT2D eigenvalue weighted by molar-refractivity contribution is 7.16. The van der Waals surface area contributed by atoms with Crippen LogP contribution in [0.25, 0.3) is 0 Å². The first-order chi connectivity index (χ1) is 9.26. The number of aldehydes is 1. The Morgan fingerprint density at radius 2 is 2.11 bits per heavy atom. The van der Waals surface area contributed by atoms with E-state index in [1.54, 1.807) is 12.1 Å². The van der Waals surface area contributed by atoms with Crippen LogP contribution in [0.4, 0.5) is 0 Å². The first-order valence-electron chi connectivity index (χ1n) is 5.52. The first-order valence-corrected chi connectivity index (χ1v) is 6.71. The summed E-state index contributed by atoms with van der Waals surface area (Å²) in [6.07, 6.45) is 0.735. The maximum absolute atomic E-state index is 11.0. The summed E-state index contributed by atoms with van der Waals surface area (Å²) in [6.45, 7) is 0.523. The summed E-state index contributed by atoms with van der Waals surface area (Å²) in [6, 6.07) is 6.99. The Bertz CT molecular complexity index is 623. The molecule has 0 atom stereocenters. The largest absolute Gasteiger partial charge is 0.487 e. The number of halogens is 1. The van der Waals surface area contributed by atoms with Crippen molar-refractivity contribution in [2.45, 2.75) is 6.61 Å². The number of rotatable bonds is 4. The average molecular weight is 297 g/mol. The van der Waals surface area contributed by atoms with Gasteiger partial charge >= 0.3 is 0 Å². The van der Waals surface area contributed by atoms with Crippen LogP contribution in [-0.4, -0.2) is 13.1 Å². The molecule has 0 N–H and O–H groups in total. The minimum Gasteiger partial charge on any atom is -0.487 e. The third-order valence-electron chi connectivity index (χ3n) is 2.63. The molecule has 0 unspecified atom stereocenters. The van der Waals surface area contributed by atoms with E-state index in [1.165, 1.54) is 11.3 Å². The lowest BCUT2D eigenvalue weighted by Crippen LogP contribution is -1.96. The quantitative estimate of drug-likeness (QED) is 0.810. The Balaban J connectivity index is 1.81. The highest BCUT2D eigenvalue weighted by Gasteiger charge is 2.18. The lowest BCUT2D eigenvalue weighted by atomic mass is 10.2. The van der Waals surface area contributed by atoms with Crippen LogP contribution < -0.4 is 14.2 Å². The molecule has 4 nitrogen and oxygen atoms in total. The molecular weight excluding hydrogens is 288 g/mol. The van der Waals surface area contributed by atoms with Crippen molar-refractivity contribution in [2.75, 3.05) is 6.79 Å². The minimum absolute atomic E-state index is 0.164. The SMILES string of the molecule is O=Cc1cc2c(cc1OCc1ccc(Cl)s1)OCO2. The van der Waals surface area contributed by atoms with Gasteiger partial charge in [-0.2, -0.15) is 0 Å². The van der Waals surface area contributed by atoms with E-state index in [9.17, 15) is 4.79 Å². The molecule has 2 aromatic rings. The monoisotopic (exact) mass is 296 g/mol. The predicted molar refractivity (Wildman–Crippen MR) is 71.6 cm³/mol. The lowest BCUT2D eigenvalue weighted by Gasteiger charge is -2.08. The van der Waals surface area contributed by atoms with Crippen molar-refractivity contribution in [2.24, 2.45) is 0 Å². The third-order valence-corrected chi connectivity index (χ3v) is 3.84. The van der Waals surface area contributed by atoms with E-state index in [0.29, 0.717) is 33.8 Å². The maximum Gasteiger partial charge on any atom is 0.231 e. The van der Waals surface area contributed by atoms with Gasteiger partial charge in [-0.15, -0.1) is 11.3 Å². The molecule has 0 radical (unpaired) electrons. The topological polar surface area (TPSA) is 44.8 Å². The number of carbonyl (C=O) groups is 1. The Hall–Kier alpha value is -1.72. The van der Waals surface area contributed by atoms with Crippen LogP contribution in [0.1, 0.15) is 15.2 Å². The van der Waals surface area contributed by atoms with Gasteiger partial charge in [-0.05, 0) is 18.2 Å². The molecule has 0 spiro atoms. The van der Waals surface area contributed by atoms with Crippen LogP contribution in [0.2, 0.25) is 4.34 Å². The summed E-state index contributed by atoms with van der Waals surface area (Å²) in [7, 11) is 0. The van der Waals surface area contributed by atoms with Gasteiger partial charge in [-0.25, -0.2) is 0 Å². The van der Waals surface area contributed by atoms with E-state index in [4.69, 9.17) is 25.8 Å². The Labute approximate surface area is 118 Å². The number of fused-ring (bicyclic) bond motifs is 1. The average Bonchev–Trinajstić information content (AvgIpc) is 3.03. The summed E-state index contributed by atoms with van der Waals surface area (Å²) in [5, 5.41) is 0. The second kappa shape index (κ2) is 5.11. The van der Waals surface area contributed by atoms with Gasteiger partial charge in [0.2, 0.25) is 6.79 Å². The van der Waals surface area contributed by atoms with Crippen molar-refractivity contribution in [3.05, 3.63) is 39.0 Å². The smallest absolute Gasteiger partial charge is 0.231 e. The summed E-state index contributed by atoms with van der Waals surface area (Å²) >= 11 is 7.29. The number of hydrogen-bond acceptors (Lipinski definition) is 5. The molecule has 0 saturated heterocycles. The van der Waals surface area contributed by atoms with Gasteiger partial charge in [0.15, 0.2) is 17.8 Å². The number of carbonyl (C=O) groups excluding carboxylic acids is 1. The minimum atomic E-state index is 0.164. The second-order valence-corrected chi connectivity index (χ2v) is 5.66. The van der Waals surface area contributed by atoms with Gasteiger partial charge in [-0.1, -0.05) is 11.6 Å². The van der Waals surface area contributed by atoms with Gasteiger partial charge in [0.05, 0.1) is 9.90 Å². The summed E-state index contributed by atoms with van der Waals surface area (Å²) in [4.78, 5) is 12.0. The van der Waals surface area contributed by atoms with Crippen LogP contribution >= 0.6 is 22.9 Å². The lowest BCUT2D eigenvalue weighted by molar-refractivity contribution is 0.111. The number of ether oxygens (including phenoxy) is 3. The Kier molecular flexibility index (Phi) is 3.31. The van der Waals surface area contributed by atoms with Crippen LogP contribution in [0.15, 0.2) is 24.3 Å². The van der Waals surface area contributed by atoms with Crippen LogP contribution in [0.3, 0.4) is 0 Å². The molecule has 98 valence electrons. The van der Waals surface area contributed by atoms with E-state index in [0.717, 1.165) is 11.2 Å². The highest BCUT2D eigenvalue weighted by Crippen LogP contribution is 2.38. The molecule has 6 heteroatoms. The predicted octanol–water partition coefficient (Wildman–Crippen LogP) is 3.52. The number of benzene rings is 1. The van der Waals surface area contributed by atoms with Gasteiger partial charge in [0.1, 0.15) is 12.4 Å². The third kappa shape index (κ3) is 2.52. The fraction of sp³-hybridized carbons (Fsp3) is 0.154. The molecule has 0 amide bonds. The van der Waals surface area contributed by atoms with Gasteiger partial charge in [-0.3, -0.25) is 4.79 Å². The molecule has 1 aromatic carbocycles. The van der Waals surface area contributed by atoms with Crippen molar-refractivity contribution < 1.29 is 19.0 Å². The molecule has 0 bridgehead atoms. The molecule has 3 rings (SSSR count). The van der Waals surface area contributed by atoms with Crippen LogP contribution in [0.5, 0.6) is 17.2 Å². The van der Waals surface area contributed by atoms with Crippen molar-refractivity contribution >= 4 is 29.2 Å². The molecule has 0 fully saturated rings. The molecule has 2 heterocycles. The van der Waals surface area contributed by atoms with Gasteiger partial charge in [0, 0.05) is 10.9 Å². The highest BCUT2D eigenvalue weighted by atomic mass is 35.5.